The van der Waals surface area contributed by atoms with Gasteiger partial charge in [0.25, 0.3) is 11.8 Å². The number of para-hydroxylation sites is 1. The molecular formula is C21H19F3N4O3. The minimum absolute atomic E-state index is 0.0360. The van der Waals surface area contributed by atoms with Crippen LogP contribution in [0.5, 0.6) is 0 Å². The molecule has 0 saturated heterocycles. The number of alkyl halides is 3. The number of amides is 3. The van der Waals surface area contributed by atoms with Gasteiger partial charge in [0, 0.05) is 12.8 Å². The van der Waals surface area contributed by atoms with E-state index in [-0.39, 0.29) is 35.7 Å². The summed E-state index contributed by atoms with van der Waals surface area (Å²) in [6, 6.07) is 12.8. The van der Waals surface area contributed by atoms with Crippen LogP contribution in [0.15, 0.2) is 53.6 Å². The van der Waals surface area contributed by atoms with E-state index in [9.17, 15) is 27.6 Å². The van der Waals surface area contributed by atoms with Crippen LogP contribution >= 0.6 is 0 Å². The van der Waals surface area contributed by atoms with Gasteiger partial charge in [0.05, 0.1) is 16.9 Å². The van der Waals surface area contributed by atoms with Crippen LogP contribution in [0.1, 0.15) is 28.8 Å². The zero-order chi connectivity index (χ0) is 22.6. The number of carbonyl (C=O) groups is 3. The zero-order valence-corrected chi connectivity index (χ0v) is 16.5. The normalized spacial score (nSPS) is 14.1. The Bertz CT molecular complexity index is 1050. The van der Waals surface area contributed by atoms with Crippen molar-refractivity contribution in [3.63, 3.8) is 0 Å². The second-order valence-electron chi connectivity index (χ2n) is 6.89. The highest BCUT2D eigenvalue weighted by atomic mass is 19.4. The van der Waals surface area contributed by atoms with Crippen LogP contribution in [0.3, 0.4) is 0 Å². The van der Waals surface area contributed by atoms with Crippen LogP contribution in [0, 0.1) is 6.92 Å². The molecule has 0 fully saturated rings. The van der Waals surface area contributed by atoms with E-state index in [2.05, 4.69) is 10.4 Å². The predicted octanol–water partition coefficient (Wildman–Crippen LogP) is 3.41. The second-order valence-corrected chi connectivity index (χ2v) is 6.89. The van der Waals surface area contributed by atoms with E-state index in [1.54, 1.807) is 23.5 Å². The Labute approximate surface area is 175 Å². The van der Waals surface area contributed by atoms with Crippen LogP contribution in [-0.2, 0) is 9.59 Å². The number of carbonyl (C=O) groups excluding carboxylic acids is 3. The number of hydrogen-bond donors (Lipinski definition) is 2. The third kappa shape index (κ3) is 5.68. The molecule has 3 amide bonds. The quantitative estimate of drug-likeness (QED) is 0.759. The minimum Gasteiger partial charge on any atom is -0.343 e. The van der Waals surface area contributed by atoms with Gasteiger partial charge < -0.3 is 10.6 Å². The molecule has 1 heterocycles. The van der Waals surface area contributed by atoms with Gasteiger partial charge in [0.2, 0.25) is 5.91 Å². The number of hydrazone groups is 1. The van der Waals surface area contributed by atoms with E-state index < -0.39 is 24.5 Å². The van der Waals surface area contributed by atoms with Crippen LogP contribution < -0.4 is 15.6 Å². The van der Waals surface area contributed by atoms with E-state index >= 15 is 0 Å². The molecule has 0 aliphatic carbocycles. The summed E-state index contributed by atoms with van der Waals surface area (Å²) >= 11 is 0. The Morgan fingerprint density at radius 1 is 1.06 bits per heavy atom. The first kappa shape index (κ1) is 22.0. The Balaban J connectivity index is 1.79. The topological polar surface area (TPSA) is 90.9 Å². The Hall–Kier alpha value is -3.69. The third-order valence-corrected chi connectivity index (χ3v) is 4.41. The summed E-state index contributed by atoms with van der Waals surface area (Å²) in [5, 5.41) is 9.58. The highest BCUT2D eigenvalue weighted by Gasteiger charge is 2.29. The molecule has 2 aromatic carbocycles. The van der Waals surface area contributed by atoms with Crippen LogP contribution in [0.4, 0.5) is 24.5 Å². The molecule has 2 N–H and O–H groups in total. The lowest BCUT2D eigenvalue weighted by Gasteiger charge is -2.23. The summed E-state index contributed by atoms with van der Waals surface area (Å²) in [4.78, 5) is 37.1. The van der Waals surface area contributed by atoms with Crippen LogP contribution in [-0.4, -0.2) is 36.2 Å². The third-order valence-electron chi connectivity index (χ3n) is 4.41. The van der Waals surface area contributed by atoms with Crippen molar-refractivity contribution in [2.75, 3.05) is 16.9 Å². The molecule has 162 valence electrons. The average Bonchev–Trinajstić information content (AvgIpc) is 2.72. The number of benzene rings is 2. The molecule has 0 atom stereocenters. The van der Waals surface area contributed by atoms with Crippen molar-refractivity contribution in [2.45, 2.75) is 25.9 Å². The fraction of sp³-hybridized carbons (Fsp3) is 0.238. The van der Waals surface area contributed by atoms with Gasteiger partial charge in [-0.05, 0) is 36.8 Å². The Morgan fingerprint density at radius 3 is 2.52 bits per heavy atom. The van der Waals surface area contributed by atoms with Gasteiger partial charge in [-0.25, -0.2) is 5.01 Å². The van der Waals surface area contributed by atoms with Gasteiger partial charge in [0.1, 0.15) is 12.3 Å². The highest BCUT2D eigenvalue weighted by molar-refractivity contribution is 6.44. The standard InChI is InChI=1S/C21H19F3N4O3/c1-13-5-4-6-14(11-13)28-18(29)10-9-17(27-28)20(31)26-16-8-3-2-7-15(16)19(30)25-12-21(22,23)24/h2-8,11H,9-10,12H2,1H3,(H,25,30)(H,26,31). The minimum atomic E-state index is -4.56. The number of nitrogens with one attached hydrogen (secondary N) is 2. The maximum absolute atomic E-state index is 12.7. The smallest absolute Gasteiger partial charge is 0.343 e. The molecule has 0 aromatic heterocycles. The molecule has 31 heavy (non-hydrogen) atoms. The lowest BCUT2D eigenvalue weighted by molar-refractivity contribution is -0.123. The molecule has 0 saturated carbocycles. The number of aryl methyl sites for hydroxylation is 1. The summed E-state index contributed by atoms with van der Waals surface area (Å²) in [6.07, 6.45) is -4.40. The second kappa shape index (κ2) is 8.99. The fourth-order valence-electron chi connectivity index (χ4n) is 2.94. The monoisotopic (exact) mass is 432 g/mol. The molecule has 3 rings (SSSR count). The number of halogens is 3. The zero-order valence-electron chi connectivity index (χ0n) is 16.5. The number of anilines is 2. The summed E-state index contributed by atoms with van der Waals surface area (Å²) in [5.41, 5.74) is 1.40. The molecule has 0 spiro atoms. The lowest BCUT2D eigenvalue weighted by atomic mass is 10.1. The van der Waals surface area contributed by atoms with Crippen molar-refractivity contribution in [2.24, 2.45) is 5.10 Å². The molecule has 1 aliphatic rings. The molecule has 2 aromatic rings. The van der Waals surface area contributed by atoms with Crippen molar-refractivity contribution < 1.29 is 27.6 Å². The SMILES string of the molecule is Cc1cccc(N2N=C(C(=O)Nc3ccccc3C(=O)NCC(F)(F)F)CCC2=O)c1. The van der Waals surface area contributed by atoms with Gasteiger partial charge in [-0.15, -0.1) is 0 Å². The van der Waals surface area contributed by atoms with Gasteiger partial charge in [-0.3, -0.25) is 14.4 Å². The molecule has 0 radical (unpaired) electrons. The maximum atomic E-state index is 12.7. The molecule has 0 unspecified atom stereocenters. The Morgan fingerprint density at radius 2 is 1.81 bits per heavy atom. The number of hydrogen-bond acceptors (Lipinski definition) is 4. The number of nitrogens with zero attached hydrogens (tertiary/aromatic N) is 2. The first-order chi connectivity index (χ1) is 14.6. The molecule has 1 aliphatic heterocycles. The van der Waals surface area contributed by atoms with E-state index in [0.29, 0.717) is 5.69 Å². The van der Waals surface area contributed by atoms with E-state index in [4.69, 9.17) is 0 Å². The summed E-state index contributed by atoms with van der Waals surface area (Å²) < 4.78 is 37.2. The van der Waals surface area contributed by atoms with Gasteiger partial charge in [0.15, 0.2) is 0 Å². The largest absolute Gasteiger partial charge is 0.405 e. The van der Waals surface area contributed by atoms with Crippen molar-refractivity contribution >= 4 is 34.8 Å². The van der Waals surface area contributed by atoms with E-state index in [1.165, 1.54) is 24.3 Å². The maximum Gasteiger partial charge on any atom is 0.405 e. The van der Waals surface area contributed by atoms with Crippen molar-refractivity contribution in [1.29, 1.82) is 0 Å². The predicted molar refractivity (Wildman–Crippen MR) is 109 cm³/mol. The Kier molecular flexibility index (Phi) is 6.38. The van der Waals surface area contributed by atoms with Crippen LogP contribution in [0.2, 0.25) is 0 Å². The van der Waals surface area contributed by atoms with Crippen molar-refractivity contribution in [3.05, 3.63) is 59.7 Å². The molecule has 7 nitrogen and oxygen atoms in total. The highest BCUT2D eigenvalue weighted by Crippen LogP contribution is 2.22. The first-order valence-corrected chi connectivity index (χ1v) is 9.36. The average molecular weight is 432 g/mol. The van der Waals surface area contributed by atoms with Gasteiger partial charge >= 0.3 is 6.18 Å². The summed E-state index contributed by atoms with van der Waals surface area (Å²) in [7, 11) is 0. The van der Waals surface area contributed by atoms with E-state index in [0.717, 1.165) is 10.6 Å². The molecule has 10 heteroatoms. The molecule has 0 bridgehead atoms. The van der Waals surface area contributed by atoms with Crippen molar-refractivity contribution in [1.82, 2.24) is 5.32 Å². The van der Waals surface area contributed by atoms with Gasteiger partial charge in [-0.2, -0.15) is 18.3 Å². The first-order valence-electron chi connectivity index (χ1n) is 9.36. The summed E-state index contributed by atoms with van der Waals surface area (Å²) in [6.45, 7) is 0.365. The fourth-order valence-corrected chi connectivity index (χ4v) is 2.94. The number of rotatable bonds is 5. The summed E-state index contributed by atoms with van der Waals surface area (Å²) in [5.74, 6) is -1.90. The van der Waals surface area contributed by atoms with Crippen molar-refractivity contribution in [3.8, 4) is 0 Å². The van der Waals surface area contributed by atoms with Crippen LogP contribution in [0.25, 0.3) is 0 Å². The molecular weight excluding hydrogens is 413 g/mol. The van der Waals surface area contributed by atoms with E-state index in [1.807, 2.05) is 13.0 Å². The lowest BCUT2D eigenvalue weighted by Crippen LogP contribution is -2.37. The van der Waals surface area contributed by atoms with Gasteiger partial charge in [-0.1, -0.05) is 24.3 Å².